The fourth-order valence-corrected chi connectivity index (χ4v) is 4.61. The molecular formula is C23H32N4O2S2. The molecule has 2 atom stereocenters. The highest BCUT2D eigenvalue weighted by Crippen LogP contribution is 2.25. The summed E-state index contributed by atoms with van der Waals surface area (Å²) < 4.78 is 24.8. The summed E-state index contributed by atoms with van der Waals surface area (Å²) in [6.45, 7) is 6.63. The van der Waals surface area contributed by atoms with Crippen molar-refractivity contribution in [1.82, 2.24) is 5.32 Å². The molecule has 0 aliphatic carbocycles. The van der Waals surface area contributed by atoms with Crippen molar-refractivity contribution < 1.29 is 8.42 Å². The molecule has 31 heavy (non-hydrogen) atoms. The van der Waals surface area contributed by atoms with Crippen LogP contribution >= 0.6 is 12.2 Å². The van der Waals surface area contributed by atoms with E-state index in [0.29, 0.717) is 10.8 Å². The first-order valence-electron chi connectivity index (χ1n) is 10.6. The smallest absolute Gasteiger partial charge is 0.231 e. The number of anilines is 3. The monoisotopic (exact) mass is 460 g/mol. The lowest BCUT2D eigenvalue weighted by Crippen LogP contribution is -2.34. The van der Waals surface area contributed by atoms with Gasteiger partial charge in [0.1, 0.15) is 0 Å². The number of hydrogen-bond donors (Lipinski definition) is 2. The molecule has 0 spiro atoms. The molecule has 1 aliphatic heterocycles. The molecule has 0 aromatic heterocycles. The van der Waals surface area contributed by atoms with E-state index in [1.54, 1.807) is 18.2 Å². The Morgan fingerprint density at radius 3 is 2.58 bits per heavy atom. The highest BCUT2D eigenvalue weighted by Gasteiger charge is 2.17. The van der Waals surface area contributed by atoms with Gasteiger partial charge in [0.2, 0.25) is 10.0 Å². The Morgan fingerprint density at radius 1 is 1.23 bits per heavy atom. The second-order valence-corrected chi connectivity index (χ2v) is 10.8. The SMILES string of the molecule is C[C@H]1CCCN(c2ccc([C@H](C)NC(=S)Nc3cccc(N(C)S(C)(=O)=O)c3)cc2)C1. The van der Waals surface area contributed by atoms with Crippen LogP contribution in [0.5, 0.6) is 0 Å². The van der Waals surface area contributed by atoms with Crippen molar-refractivity contribution in [3.05, 3.63) is 54.1 Å². The van der Waals surface area contributed by atoms with Gasteiger partial charge >= 0.3 is 0 Å². The highest BCUT2D eigenvalue weighted by atomic mass is 32.2. The standard InChI is InChI=1S/C23H32N4O2S2/c1-17-7-6-14-27(16-17)21-12-10-19(11-13-21)18(2)24-23(30)25-20-8-5-9-22(15-20)26(3)31(4,28)29/h5,8-13,15,17-18H,6-7,14,16H2,1-4H3,(H2,24,25,30)/t17-,18-/m0/s1. The number of piperidine rings is 1. The molecule has 0 saturated carbocycles. The van der Waals surface area contributed by atoms with E-state index in [2.05, 4.69) is 53.6 Å². The Bertz CT molecular complexity index is 1010. The average molecular weight is 461 g/mol. The summed E-state index contributed by atoms with van der Waals surface area (Å²) in [6.07, 6.45) is 3.74. The summed E-state index contributed by atoms with van der Waals surface area (Å²) in [6, 6.07) is 15.9. The van der Waals surface area contributed by atoms with Crippen LogP contribution < -0.4 is 19.8 Å². The van der Waals surface area contributed by atoms with Crippen molar-refractivity contribution in [2.24, 2.45) is 5.92 Å². The number of thiocarbonyl (C=S) groups is 1. The van der Waals surface area contributed by atoms with Crippen LogP contribution in [0.2, 0.25) is 0 Å². The predicted molar refractivity (Wildman–Crippen MR) is 135 cm³/mol. The Balaban J connectivity index is 1.59. The predicted octanol–water partition coefficient (Wildman–Crippen LogP) is 4.37. The van der Waals surface area contributed by atoms with Gasteiger partial charge < -0.3 is 15.5 Å². The van der Waals surface area contributed by atoms with E-state index in [4.69, 9.17) is 12.2 Å². The van der Waals surface area contributed by atoms with Gasteiger partial charge in [0, 0.05) is 31.5 Å². The zero-order valence-electron chi connectivity index (χ0n) is 18.6. The zero-order chi connectivity index (χ0) is 22.6. The molecule has 3 rings (SSSR count). The van der Waals surface area contributed by atoms with Crippen LogP contribution in [0.1, 0.15) is 38.3 Å². The van der Waals surface area contributed by atoms with Crippen molar-refractivity contribution in [3.63, 3.8) is 0 Å². The minimum atomic E-state index is -3.32. The zero-order valence-corrected chi connectivity index (χ0v) is 20.3. The normalized spacial score (nSPS) is 17.7. The lowest BCUT2D eigenvalue weighted by Gasteiger charge is -2.33. The lowest BCUT2D eigenvalue weighted by atomic mass is 9.99. The van der Waals surface area contributed by atoms with Gasteiger partial charge in [-0.2, -0.15) is 0 Å². The van der Waals surface area contributed by atoms with Crippen LogP contribution in [0.15, 0.2) is 48.5 Å². The van der Waals surface area contributed by atoms with Crippen LogP contribution in [-0.2, 0) is 10.0 Å². The molecule has 1 aliphatic rings. The van der Waals surface area contributed by atoms with E-state index in [0.717, 1.165) is 30.3 Å². The Labute approximate surface area is 191 Å². The first-order valence-corrected chi connectivity index (χ1v) is 12.9. The third-order valence-corrected chi connectivity index (χ3v) is 7.15. The molecule has 2 N–H and O–H groups in total. The van der Waals surface area contributed by atoms with Crippen molar-refractivity contribution in [1.29, 1.82) is 0 Å². The van der Waals surface area contributed by atoms with Gasteiger partial charge in [0.05, 0.1) is 18.0 Å². The maximum Gasteiger partial charge on any atom is 0.231 e. The topological polar surface area (TPSA) is 64.7 Å². The van der Waals surface area contributed by atoms with Crippen LogP contribution in [0.4, 0.5) is 17.1 Å². The molecule has 1 heterocycles. The van der Waals surface area contributed by atoms with Crippen molar-refractivity contribution >= 4 is 44.4 Å². The van der Waals surface area contributed by atoms with E-state index in [1.807, 2.05) is 6.07 Å². The average Bonchev–Trinajstić information content (AvgIpc) is 2.72. The van der Waals surface area contributed by atoms with Crippen LogP contribution in [-0.4, -0.2) is 39.9 Å². The third kappa shape index (κ3) is 6.33. The number of hydrogen-bond acceptors (Lipinski definition) is 4. The molecule has 0 radical (unpaired) electrons. The summed E-state index contributed by atoms with van der Waals surface area (Å²) in [7, 11) is -1.79. The number of nitrogens with one attached hydrogen (secondary N) is 2. The van der Waals surface area contributed by atoms with Crippen molar-refractivity contribution in [3.8, 4) is 0 Å². The van der Waals surface area contributed by atoms with Crippen LogP contribution in [0, 0.1) is 5.92 Å². The van der Waals surface area contributed by atoms with Crippen molar-refractivity contribution in [2.75, 3.05) is 40.9 Å². The summed E-state index contributed by atoms with van der Waals surface area (Å²) in [5.74, 6) is 0.744. The van der Waals surface area contributed by atoms with Gasteiger partial charge in [-0.15, -0.1) is 0 Å². The van der Waals surface area contributed by atoms with Gasteiger partial charge in [-0.3, -0.25) is 4.31 Å². The first kappa shape index (κ1) is 23.3. The van der Waals surface area contributed by atoms with Gasteiger partial charge in [0.15, 0.2) is 5.11 Å². The molecule has 0 bridgehead atoms. The van der Waals surface area contributed by atoms with Gasteiger partial charge in [-0.05, 0) is 73.8 Å². The fraction of sp³-hybridized carbons (Fsp3) is 0.435. The quantitative estimate of drug-likeness (QED) is 0.624. The van der Waals surface area contributed by atoms with Gasteiger partial charge in [-0.1, -0.05) is 25.1 Å². The molecule has 2 aromatic rings. The second-order valence-electron chi connectivity index (χ2n) is 8.39. The second kappa shape index (κ2) is 9.87. The maximum absolute atomic E-state index is 11.8. The third-order valence-electron chi connectivity index (χ3n) is 5.73. The molecule has 0 amide bonds. The van der Waals surface area contributed by atoms with Gasteiger partial charge in [-0.25, -0.2) is 8.42 Å². The summed E-state index contributed by atoms with van der Waals surface area (Å²) >= 11 is 5.47. The molecule has 2 aromatic carbocycles. The summed E-state index contributed by atoms with van der Waals surface area (Å²) in [5, 5.41) is 6.94. The first-order chi connectivity index (χ1) is 14.6. The molecule has 1 fully saturated rings. The molecular weight excluding hydrogens is 428 g/mol. The van der Waals surface area contributed by atoms with Crippen LogP contribution in [0.3, 0.4) is 0 Å². The Hall–Kier alpha value is -2.32. The molecule has 6 nitrogen and oxygen atoms in total. The molecule has 8 heteroatoms. The molecule has 168 valence electrons. The summed E-state index contributed by atoms with van der Waals surface area (Å²) in [4.78, 5) is 2.46. The lowest BCUT2D eigenvalue weighted by molar-refractivity contribution is 0.447. The Kier molecular flexibility index (Phi) is 7.43. The number of sulfonamides is 1. The molecule has 0 unspecified atom stereocenters. The van der Waals surface area contributed by atoms with Gasteiger partial charge in [0.25, 0.3) is 0 Å². The van der Waals surface area contributed by atoms with Crippen LogP contribution in [0.25, 0.3) is 0 Å². The minimum absolute atomic E-state index is 0.0382. The number of benzene rings is 2. The highest BCUT2D eigenvalue weighted by molar-refractivity contribution is 7.92. The summed E-state index contributed by atoms with van der Waals surface area (Å²) in [5.41, 5.74) is 3.73. The fourth-order valence-electron chi connectivity index (χ4n) is 3.82. The Morgan fingerprint density at radius 2 is 1.94 bits per heavy atom. The van der Waals surface area contributed by atoms with E-state index < -0.39 is 10.0 Å². The van der Waals surface area contributed by atoms with E-state index >= 15 is 0 Å². The number of nitrogens with zero attached hydrogens (tertiary/aromatic N) is 2. The maximum atomic E-state index is 11.8. The van der Waals surface area contributed by atoms with Crippen molar-refractivity contribution in [2.45, 2.75) is 32.7 Å². The van der Waals surface area contributed by atoms with E-state index in [9.17, 15) is 8.42 Å². The van der Waals surface area contributed by atoms with E-state index in [-0.39, 0.29) is 6.04 Å². The molecule has 1 saturated heterocycles. The largest absolute Gasteiger partial charge is 0.371 e. The number of rotatable bonds is 6. The minimum Gasteiger partial charge on any atom is -0.371 e. The van der Waals surface area contributed by atoms with E-state index in [1.165, 1.54) is 36.1 Å².